The van der Waals surface area contributed by atoms with Gasteiger partial charge in [-0.3, -0.25) is 0 Å². The van der Waals surface area contributed by atoms with Gasteiger partial charge in [0.1, 0.15) is 11.9 Å². The predicted octanol–water partition coefficient (Wildman–Crippen LogP) is 4.83. The molecule has 1 aliphatic carbocycles. The van der Waals surface area contributed by atoms with Crippen LogP contribution in [0.25, 0.3) is 6.08 Å². The average molecular weight is 301 g/mol. The second-order valence-corrected chi connectivity index (χ2v) is 8.52. The number of hydrogen-bond donors (Lipinski definition) is 1. The Kier molecular flexibility index (Phi) is 4.72. The largest absolute Gasteiger partial charge is 0.489 e. The fourth-order valence-electron chi connectivity index (χ4n) is 2.59. The summed E-state index contributed by atoms with van der Waals surface area (Å²) in [6.45, 7) is 16.3. The van der Waals surface area contributed by atoms with E-state index < -0.39 is 0 Å². The zero-order valence-corrected chi connectivity index (χ0v) is 15.2. The third kappa shape index (κ3) is 4.61. The highest BCUT2D eigenvalue weighted by Crippen LogP contribution is 2.37. The molecule has 1 aliphatic rings. The van der Waals surface area contributed by atoms with Crippen molar-refractivity contribution in [3.63, 3.8) is 0 Å². The minimum absolute atomic E-state index is 0.125. The van der Waals surface area contributed by atoms with E-state index in [1.807, 2.05) is 0 Å². The molecular weight excluding hydrogens is 270 g/mol. The SMILES string of the molecule is C[C@H](CNC(C)(C)C)Oc1ccc2c(c1)C=C(C(C)(C)C)C2. The lowest BCUT2D eigenvalue weighted by atomic mass is 9.85. The molecule has 1 atom stereocenters. The first kappa shape index (κ1) is 17.1. The Bertz CT molecular complexity index is 558. The zero-order chi connectivity index (χ0) is 16.5. The number of benzene rings is 1. The molecule has 0 radical (unpaired) electrons. The molecule has 0 aromatic heterocycles. The van der Waals surface area contributed by atoms with Gasteiger partial charge in [0.2, 0.25) is 0 Å². The topological polar surface area (TPSA) is 21.3 Å². The van der Waals surface area contributed by atoms with Gasteiger partial charge in [0, 0.05) is 12.1 Å². The van der Waals surface area contributed by atoms with Crippen LogP contribution < -0.4 is 10.1 Å². The summed E-state index contributed by atoms with van der Waals surface area (Å²) >= 11 is 0. The van der Waals surface area contributed by atoms with Crippen LogP contribution in [0.4, 0.5) is 0 Å². The van der Waals surface area contributed by atoms with Crippen molar-refractivity contribution in [1.29, 1.82) is 0 Å². The summed E-state index contributed by atoms with van der Waals surface area (Å²) in [5, 5.41) is 3.48. The molecule has 0 amide bonds. The number of allylic oxidation sites excluding steroid dienone is 1. The predicted molar refractivity (Wildman–Crippen MR) is 95.4 cm³/mol. The van der Waals surface area contributed by atoms with Gasteiger partial charge in [-0.25, -0.2) is 0 Å². The second-order valence-electron chi connectivity index (χ2n) is 8.52. The van der Waals surface area contributed by atoms with Crippen LogP contribution in [0.3, 0.4) is 0 Å². The maximum absolute atomic E-state index is 6.06. The zero-order valence-electron chi connectivity index (χ0n) is 15.2. The van der Waals surface area contributed by atoms with Gasteiger partial charge in [0.25, 0.3) is 0 Å². The quantitative estimate of drug-likeness (QED) is 0.860. The maximum Gasteiger partial charge on any atom is 0.120 e. The van der Waals surface area contributed by atoms with Crippen molar-refractivity contribution in [1.82, 2.24) is 5.32 Å². The van der Waals surface area contributed by atoms with Gasteiger partial charge in [0.05, 0.1) is 0 Å². The summed E-state index contributed by atoms with van der Waals surface area (Å²) in [5.74, 6) is 0.966. The molecule has 1 aromatic rings. The Morgan fingerprint density at radius 2 is 1.82 bits per heavy atom. The van der Waals surface area contributed by atoms with Crippen LogP contribution in [0.2, 0.25) is 0 Å². The van der Waals surface area contributed by atoms with Crippen molar-refractivity contribution in [2.45, 2.75) is 66.5 Å². The van der Waals surface area contributed by atoms with Crippen LogP contribution in [0, 0.1) is 5.41 Å². The van der Waals surface area contributed by atoms with Gasteiger partial charge in [-0.05, 0) is 62.8 Å². The number of ether oxygens (including phenoxy) is 1. The van der Waals surface area contributed by atoms with Gasteiger partial charge in [-0.15, -0.1) is 0 Å². The molecule has 0 bridgehead atoms. The molecule has 0 aliphatic heterocycles. The summed E-state index contributed by atoms with van der Waals surface area (Å²) < 4.78 is 6.06. The minimum Gasteiger partial charge on any atom is -0.489 e. The van der Waals surface area contributed by atoms with E-state index in [1.165, 1.54) is 16.7 Å². The Morgan fingerprint density at radius 3 is 2.41 bits per heavy atom. The van der Waals surface area contributed by atoms with Crippen LogP contribution in [0.5, 0.6) is 5.75 Å². The molecule has 2 nitrogen and oxygen atoms in total. The molecule has 0 saturated carbocycles. The van der Waals surface area contributed by atoms with Crippen LogP contribution in [-0.4, -0.2) is 18.2 Å². The Balaban J connectivity index is 2.02. The second kappa shape index (κ2) is 6.08. The average Bonchev–Trinajstić information content (AvgIpc) is 2.78. The number of nitrogens with one attached hydrogen (secondary N) is 1. The van der Waals surface area contributed by atoms with Crippen LogP contribution in [0.1, 0.15) is 59.6 Å². The van der Waals surface area contributed by atoms with Crippen LogP contribution in [0.15, 0.2) is 23.8 Å². The highest BCUT2D eigenvalue weighted by Gasteiger charge is 2.23. The first-order chi connectivity index (χ1) is 10.0. The molecule has 0 heterocycles. The van der Waals surface area contributed by atoms with E-state index in [0.717, 1.165) is 18.7 Å². The smallest absolute Gasteiger partial charge is 0.120 e. The molecule has 0 fully saturated rings. The lowest BCUT2D eigenvalue weighted by Crippen LogP contribution is -2.41. The highest BCUT2D eigenvalue weighted by molar-refractivity contribution is 5.66. The van der Waals surface area contributed by atoms with E-state index in [4.69, 9.17) is 4.74 Å². The Morgan fingerprint density at radius 1 is 1.14 bits per heavy atom. The van der Waals surface area contributed by atoms with Gasteiger partial charge in [0.15, 0.2) is 0 Å². The van der Waals surface area contributed by atoms with E-state index in [1.54, 1.807) is 0 Å². The van der Waals surface area contributed by atoms with Gasteiger partial charge >= 0.3 is 0 Å². The maximum atomic E-state index is 6.06. The Hall–Kier alpha value is -1.28. The van der Waals surface area contributed by atoms with Crippen molar-refractivity contribution in [3.8, 4) is 5.75 Å². The van der Waals surface area contributed by atoms with Crippen LogP contribution in [-0.2, 0) is 6.42 Å². The Labute approximate surface area is 136 Å². The monoisotopic (exact) mass is 301 g/mol. The molecule has 1 aromatic carbocycles. The number of hydrogen-bond acceptors (Lipinski definition) is 2. The highest BCUT2D eigenvalue weighted by atomic mass is 16.5. The summed E-state index contributed by atoms with van der Waals surface area (Å²) in [6.07, 6.45) is 3.56. The molecule has 22 heavy (non-hydrogen) atoms. The molecule has 0 spiro atoms. The van der Waals surface area contributed by atoms with E-state index in [2.05, 4.69) is 78.1 Å². The fraction of sp³-hybridized carbons (Fsp3) is 0.600. The summed E-state index contributed by atoms with van der Waals surface area (Å²) in [6, 6.07) is 6.50. The third-order valence-corrected chi connectivity index (χ3v) is 4.05. The standard InChI is InChI=1S/C20H31NO/c1-14(13-21-20(5,6)7)22-18-9-8-15-10-17(19(2,3)4)11-16(15)12-18/h8-9,11-12,14,21H,10,13H2,1-7H3/t14-/m1/s1. The lowest BCUT2D eigenvalue weighted by molar-refractivity contribution is 0.203. The number of rotatable bonds is 4. The third-order valence-electron chi connectivity index (χ3n) is 4.05. The number of fused-ring (bicyclic) bond motifs is 1. The van der Waals surface area contributed by atoms with Crippen molar-refractivity contribution in [3.05, 3.63) is 34.9 Å². The van der Waals surface area contributed by atoms with E-state index >= 15 is 0 Å². The molecule has 2 rings (SSSR count). The van der Waals surface area contributed by atoms with Crippen molar-refractivity contribution in [2.75, 3.05) is 6.54 Å². The lowest BCUT2D eigenvalue weighted by Gasteiger charge is -2.24. The van der Waals surface area contributed by atoms with Gasteiger partial charge in [-0.2, -0.15) is 0 Å². The molecule has 0 saturated heterocycles. The van der Waals surface area contributed by atoms with E-state index in [0.29, 0.717) is 0 Å². The van der Waals surface area contributed by atoms with Crippen LogP contribution >= 0.6 is 0 Å². The first-order valence-corrected chi connectivity index (χ1v) is 8.30. The van der Waals surface area contributed by atoms with Crippen molar-refractivity contribution < 1.29 is 4.74 Å². The molecule has 1 N–H and O–H groups in total. The minimum atomic E-state index is 0.125. The molecule has 122 valence electrons. The molecule has 0 unspecified atom stereocenters. The first-order valence-electron chi connectivity index (χ1n) is 8.30. The fourth-order valence-corrected chi connectivity index (χ4v) is 2.59. The summed E-state index contributed by atoms with van der Waals surface area (Å²) in [5.41, 5.74) is 4.60. The molecular formula is C20H31NO. The summed E-state index contributed by atoms with van der Waals surface area (Å²) in [4.78, 5) is 0. The summed E-state index contributed by atoms with van der Waals surface area (Å²) in [7, 11) is 0. The van der Waals surface area contributed by atoms with E-state index in [-0.39, 0.29) is 17.1 Å². The normalized spacial score (nSPS) is 16.2. The van der Waals surface area contributed by atoms with Crippen molar-refractivity contribution >= 4 is 6.08 Å². The van der Waals surface area contributed by atoms with Gasteiger partial charge < -0.3 is 10.1 Å². The molecule has 2 heteroatoms. The van der Waals surface area contributed by atoms with E-state index in [9.17, 15) is 0 Å². The van der Waals surface area contributed by atoms with Gasteiger partial charge in [-0.1, -0.05) is 38.5 Å². The van der Waals surface area contributed by atoms with Crippen molar-refractivity contribution in [2.24, 2.45) is 5.41 Å².